The van der Waals surface area contributed by atoms with Gasteiger partial charge < -0.3 is 24.8 Å². The van der Waals surface area contributed by atoms with Gasteiger partial charge in [-0.15, -0.1) is 46.2 Å². The van der Waals surface area contributed by atoms with Crippen molar-refractivity contribution in [3.63, 3.8) is 0 Å². The molecule has 2 aliphatic carbocycles. The van der Waals surface area contributed by atoms with E-state index in [-0.39, 0.29) is 51.0 Å². The van der Waals surface area contributed by atoms with Crippen LogP contribution >= 0.6 is 0 Å². The molecule has 0 saturated carbocycles. The van der Waals surface area contributed by atoms with Crippen LogP contribution in [0.1, 0.15) is 22.3 Å². The van der Waals surface area contributed by atoms with E-state index < -0.39 is 0 Å². The molecule has 0 saturated heterocycles. The van der Waals surface area contributed by atoms with Crippen molar-refractivity contribution in [2.75, 3.05) is 0 Å². The van der Waals surface area contributed by atoms with Crippen molar-refractivity contribution < 1.29 is 51.0 Å². The first-order valence-electron chi connectivity index (χ1n) is 9.08. The zero-order chi connectivity index (χ0) is 17.3. The third-order valence-corrected chi connectivity index (χ3v) is 5.17. The molecule has 0 heterocycles. The first-order valence-corrected chi connectivity index (χ1v) is 9.08. The van der Waals surface area contributed by atoms with Crippen LogP contribution in [0.3, 0.4) is 0 Å². The summed E-state index contributed by atoms with van der Waals surface area (Å²) in [5.74, 6) is 0. The second kappa shape index (κ2) is 10.4. The largest absolute Gasteiger partial charge is 4.00 e. The van der Waals surface area contributed by atoms with Crippen LogP contribution in [0, 0.1) is 12.2 Å². The molecule has 0 spiro atoms. The Morgan fingerprint density at radius 2 is 0.931 bits per heavy atom. The second-order valence-electron chi connectivity index (χ2n) is 6.75. The van der Waals surface area contributed by atoms with Gasteiger partial charge in [-0.2, -0.15) is 35.4 Å². The number of allylic oxidation sites excluding steroid dienone is 2. The summed E-state index contributed by atoms with van der Waals surface area (Å²) < 4.78 is 0. The van der Waals surface area contributed by atoms with Gasteiger partial charge >= 0.3 is 26.2 Å². The average molecular weight is 493 g/mol. The number of benzene rings is 4. The monoisotopic (exact) mass is 490 g/mol. The predicted molar refractivity (Wildman–Crippen MR) is 109 cm³/mol. The topological polar surface area (TPSA) is 0 Å². The minimum absolute atomic E-state index is 0. The van der Waals surface area contributed by atoms with Gasteiger partial charge in [0.25, 0.3) is 0 Å². The van der Waals surface area contributed by atoms with Crippen LogP contribution in [0.15, 0.2) is 84.9 Å². The molecule has 4 aromatic carbocycles. The molecule has 3 heteroatoms. The first-order chi connectivity index (χ1) is 12.9. The van der Waals surface area contributed by atoms with Crippen LogP contribution in [0.25, 0.3) is 21.5 Å². The molecule has 0 aliphatic heterocycles. The van der Waals surface area contributed by atoms with Crippen molar-refractivity contribution in [3.05, 3.63) is 119 Å². The summed E-state index contributed by atoms with van der Waals surface area (Å²) >= 11 is 0. The number of halogens is 2. The maximum absolute atomic E-state index is 3.32. The van der Waals surface area contributed by atoms with Gasteiger partial charge in [-0.25, -0.2) is 0 Å². The van der Waals surface area contributed by atoms with Crippen molar-refractivity contribution >= 4 is 21.5 Å². The fraction of sp³-hybridized carbons (Fsp3) is 0.0769. The average Bonchev–Trinajstić information content (AvgIpc) is 3.38. The van der Waals surface area contributed by atoms with Crippen LogP contribution < -0.4 is 24.8 Å². The zero-order valence-electron chi connectivity index (χ0n) is 15.8. The fourth-order valence-electron chi connectivity index (χ4n) is 3.84. The van der Waals surface area contributed by atoms with E-state index in [4.69, 9.17) is 0 Å². The number of fused-ring (bicyclic) bond motifs is 6. The molecular formula is C26H18Cl2Zr. The van der Waals surface area contributed by atoms with Crippen molar-refractivity contribution in [2.45, 2.75) is 12.8 Å². The Labute approximate surface area is 203 Å². The minimum atomic E-state index is 0. The number of hydrogen-bond acceptors (Lipinski definition) is 0. The van der Waals surface area contributed by atoms with Gasteiger partial charge in [-0.1, -0.05) is 72.1 Å². The standard InChI is InChI=1S/2C13H9.2ClH.Zr/c2*1-2-6-12-10(4-1)8-9-11-5-3-7-13(11)12;;;/h2*1-4,6,8-9H,5H2;2*1H;/q2*-1;;;+4/p-2. The Kier molecular flexibility index (Phi) is 8.47. The molecule has 29 heavy (non-hydrogen) atoms. The Bertz CT molecular complexity index is 1100. The number of hydrogen-bond donors (Lipinski definition) is 0. The van der Waals surface area contributed by atoms with Gasteiger partial charge in [0.1, 0.15) is 0 Å². The predicted octanol–water partition coefficient (Wildman–Crippen LogP) is 0.212. The zero-order valence-corrected chi connectivity index (χ0v) is 19.7. The SMILES string of the molecule is [C-]1=CCc2ccc3ccccc3c21.[C-]1=CCc2ccc3ccccc3c21.[Cl-].[Cl-].[Zr+4]. The summed E-state index contributed by atoms with van der Waals surface area (Å²) in [4.78, 5) is 0. The van der Waals surface area contributed by atoms with E-state index >= 15 is 0 Å². The summed E-state index contributed by atoms with van der Waals surface area (Å²) in [6.07, 6.45) is 12.9. The van der Waals surface area contributed by atoms with Gasteiger partial charge in [-0.05, 0) is 0 Å². The Morgan fingerprint density at radius 1 is 0.517 bits per heavy atom. The molecule has 0 nitrogen and oxygen atoms in total. The molecule has 0 bridgehead atoms. The molecule has 4 aromatic rings. The van der Waals surface area contributed by atoms with Crippen LogP contribution in [0.4, 0.5) is 0 Å². The van der Waals surface area contributed by atoms with Gasteiger partial charge in [0.2, 0.25) is 0 Å². The van der Waals surface area contributed by atoms with E-state index in [1.807, 2.05) is 0 Å². The summed E-state index contributed by atoms with van der Waals surface area (Å²) in [6.45, 7) is 0. The van der Waals surface area contributed by atoms with E-state index in [0.717, 1.165) is 12.8 Å². The van der Waals surface area contributed by atoms with E-state index in [1.165, 1.54) is 43.8 Å². The van der Waals surface area contributed by atoms with Crippen molar-refractivity contribution in [2.24, 2.45) is 0 Å². The summed E-state index contributed by atoms with van der Waals surface area (Å²) in [5.41, 5.74) is 5.38. The summed E-state index contributed by atoms with van der Waals surface area (Å²) in [5, 5.41) is 5.27. The third kappa shape index (κ3) is 4.59. The fourth-order valence-corrected chi connectivity index (χ4v) is 3.84. The van der Waals surface area contributed by atoms with Crippen LogP contribution in [-0.2, 0) is 39.0 Å². The Morgan fingerprint density at radius 3 is 1.38 bits per heavy atom. The van der Waals surface area contributed by atoms with Gasteiger partial charge in [-0.3, -0.25) is 0 Å². The summed E-state index contributed by atoms with van der Waals surface area (Å²) in [6, 6.07) is 25.7. The maximum atomic E-state index is 3.32. The molecule has 2 aliphatic rings. The first kappa shape index (κ1) is 23.6. The third-order valence-electron chi connectivity index (χ3n) is 5.17. The van der Waals surface area contributed by atoms with E-state index in [9.17, 15) is 0 Å². The molecule has 0 fully saturated rings. The molecule has 6 rings (SSSR count). The van der Waals surface area contributed by atoms with Crippen LogP contribution in [0.2, 0.25) is 0 Å². The van der Waals surface area contributed by atoms with E-state index in [2.05, 4.69) is 97.1 Å². The maximum Gasteiger partial charge on any atom is 4.00 e. The minimum Gasteiger partial charge on any atom is -1.00 e. The van der Waals surface area contributed by atoms with E-state index in [1.54, 1.807) is 0 Å². The molecule has 0 aromatic heterocycles. The Hall–Kier alpha value is -1.66. The molecule has 0 amide bonds. The summed E-state index contributed by atoms with van der Waals surface area (Å²) in [7, 11) is 0. The molecule has 140 valence electrons. The molecule has 0 atom stereocenters. The molecular weight excluding hydrogens is 474 g/mol. The quantitative estimate of drug-likeness (QED) is 0.308. The van der Waals surface area contributed by atoms with Crippen LogP contribution in [0.5, 0.6) is 0 Å². The van der Waals surface area contributed by atoms with E-state index in [0.29, 0.717) is 0 Å². The Balaban J connectivity index is 0.000000187. The second-order valence-corrected chi connectivity index (χ2v) is 6.75. The molecule has 0 unspecified atom stereocenters. The van der Waals surface area contributed by atoms with Crippen LogP contribution in [-0.4, -0.2) is 0 Å². The van der Waals surface area contributed by atoms with Gasteiger partial charge in [0.15, 0.2) is 0 Å². The smallest absolute Gasteiger partial charge is 1.00 e. The van der Waals surface area contributed by atoms with Crippen molar-refractivity contribution in [3.8, 4) is 0 Å². The molecule has 0 N–H and O–H groups in total. The van der Waals surface area contributed by atoms with Crippen molar-refractivity contribution in [1.29, 1.82) is 0 Å². The number of rotatable bonds is 0. The molecule has 0 radical (unpaired) electrons. The van der Waals surface area contributed by atoms with Gasteiger partial charge in [0.05, 0.1) is 0 Å². The normalized spacial score (nSPS) is 12.1. The van der Waals surface area contributed by atoms with Crippen molar-refractivity contribution in [1.82, 2.24) is 0 Å². The van der Waals surface area contributed by atoms with Gasteiger partial charge in [0, 0.05) is 0 Å².